The number of hydrogen-bond donors (Lipinski definition) is 1. The Kier molecular flexibility index (Phi) is 6.01. The molecule has 0 aliphatic carbocycles. The Hall–Kier alpha value is -3.67. The highest BCUT2D eigenvalue weighted by atomic mass is 16.5. The molecule has 1 heterocycles. The zero-order valence-corrected chi connectivity index (χ0v) is 15.6. The van der Waals surface area contributed by atoms with E-state index in [4.69, 9.17) is 9.15 Å². The van der Waals surface area contributed by atoms with Crippen LogP contribution in [-0.2, 0) is 20.9 Å². The van der Waals surface area contributed by atoms with Crippen molar-refractivity contribution in [2.24, 2.45) is 0 Å². The Bertz CT molecular complexity index is 989. The second-order valence-electron chi connectivity index (χ2n) is 6.24. The summed E-state index contributed by atoms with van der Waals surface area (Å²) >= 11 is 0. The molecule has 3 rings (SSSR count). The van der Waals surface area contributed by atoms with Gasteiger partial charge in [-0.05, 0) is 30.7 Å². The number of rotatable bonds is 6. The molecule has 142 valence electrons. The Morgan fingerprint density at radius 1 is 1.11 bits per heavy atom. The quantitative estimate of drug-likeness (QED) is 0.522. The summed E-state index contributed by atoms with van der Waals surface area (Å²) in [6.45, 7) is 3.26. The Morgan fingerprint density at radius 3 is 2.50 bits per heavy atom. The average Bonchev–Trinajstić information content (AvgIpc) is 3.15. The molecular formula is C22H20N2O4. The molecule has 0 radical (unpaired) electrons. The van der Waals surface area contributed by atoms with Crippen molar-refractivity contribution in [1.29, 1.82) is 0 Å². The van der Waals surface area contributed by atoms with Crippen LogP contribution in [0, 0.1) is 6.92 Å². The molecule has 3 aromatic rings. The first kappa shape index (κ1) is 19.1. The van der Waals surface area contributed by atoms with Gasteiger partial charge in [-0.2, -0.15) is 0 Å². The van der Waals surface area contributed by atoms with Crippen molar-refractivity contribution in [3.63, 3.8) is 0 Å². The SMILES string of the molecule is CC(=O)N/C(=C\c1ccccc1)C(=O)OCc1coc(-c2ccc(C)cc2)n1. The Balaban J connectivity index is 1.68. The van der Waals surface area contributed by atoms with Crippen LogP contribution in [0.25, 0.3) is 17.5 Å². The third-order valence-electron chi connectivity index (χ3n) is 3.84. The second kappa shape index (κ2) is 8.81. The van der Waals surface area contributed by atoms with Gasteiger partial charge in [0.15, 0.2) is 0 Å². The van der Waals surface area contributed by atoms with Crippen LogP contribution in [0.5, 0.6) is 0 Å². The van der Waals surface area contributed by atoms with Gasteiger partial charge in [-0.3, -0.25) is 4.79 Å². The lowest BCUT2D eigenvalue weighted by Crippen LogP contribution is -2.26. The number of benzene rings is 2. The Labute approximate surface area is 162 Å². The minimum atomic E-state index is -0.654. The van der Waals surface area contributed by atoms with E-state index in [0.717, 1.165) is 16.7 Å². The normalized spacial score (nSPS) is 11.1. The monoisotopic (exact) mass is 376 g/mol. The van der Waals surface area contributed by atoms with Crippen LogP contribution in [0.3, 0.4) is 0 Å². The van der Waals surface area contributed by atoms with Gasteiger partial charge in [0.05, 0.1) is 0 Å². The highest BCUT2D eigenvalue weighted by Crippen LogP contribution is 2.19. The van der Waals surface area contributed by atoms with Crippen LogP contribution in [0.4, 0.5) is 0 Å². The second-order valence-corrected chi connectivity index (χ2v) is 6.24. The topological polar surface area (TPSA) is 81.4 Å². The van der Waals surface area contributed by atoms with Crippen LogP contribution in [0.2, 0.25) is 0 Å². The van der Waals surface area contributed by atoms with Gasteiger partial charge >= 0.3 is 5.97 Å². The van der Waals surface area contributed by atoms with Crippen LogP contribution >= 0.6 is 0 Å². The van der Waals surface area contributed by atoms with E-state index >= 15 is 0 Å². The third kappa shape index (κ3) is 5.17. The van der Waals surface area contributed by atoms with Gasteiger partial charge in [-0.25, -0.2) is 9.78 Å². The summed E-state index contributed by atoms with van der Waals surface area (Å²) in [4.78, 5) is 28.2. The lowest BCUT2D eigenvalue weighted by molar-refractivity contribution is -0.141. The molecule has 2 aromatic carbocycles. The first-order chi connectivity index (χ1) is 13.5. The van der Waals surface area contributed by atoms with E-state index < -0.39 is 5.97 Å². The van der Waals surface area contributed by atoms with Crippen molar-refractivity contribution < 1.29 is 18.7 Å². The number of oxazole rings is 1. The lowest BCUT2D eigenvalue weighted by Gasteiger charge is -2.08. The van der Waals surface area contributed by atoms with Gasteiger partial charge in [-0.15, -0.1) is 0 Å². The fourth-order valence-electron chi connectivity index (χ4n) is 2.47. The zero-order valence-electron chi connectivity index (χ0n) is 15.6. The van der Waals surface area contributed by atoms with Gasteiger partial charge in [0, 0.05) is 12.5 Å². The summed E-state index contributed by atoms with van der Waals surface area (Å²) < 4.78 is 10.7. The number of aryl methyl sites for hydroxylation is 1. The highest BCUT2D eigenvalue weighted by molar-refractivity contribution is 5.97. The molecule has 28 heavy (non-hydrogen) atoms. The van der Waals surface area contributed by atoms with Crippen LogP contribution in [0.1, 0.15) is 23.7 Å². The number of aromatic nitrogens is 1. The molecule has 6 nitrogen and oxygen atoms in total. The number of amides is 1. The fraction of sp³-hybridized carbons (Fsp3) is 0.136. The van der Waals surface area contributed by atoms with E-state index in [2.05, 4.69) is 10.3 Å². The van der Waals surface area contributed by atoms with Gasteiger partial charge in [0.2, 0.25) is 11.8 Å². The smallest absolute Gasteiger partial charge is 0.355 e. The van der Waals surface area contributed by atoms with Crippen molar-refractivity contribution in [3.05, 3.63) is 83.4 Å². The predicted octanol–water partition coefficient (Wildman–Crippen LogP) is 3.87. The number of ether oxygens (including phenoxy) is 1. The molecule has 0 fully saturated rings. The van der Waals surface area contributed by atoms with Crippen molar-refractivity contribution >= 4 is 18.0 Å². The molecule has 0 atom stereocenters. The molecule has 0 bridgehead atoms. The minimum Gasteiger partial charge on any atom is -0.454 e. The van der Waals surface area contributed by atoms with Gasteiger partial charge in [0.1, 0.15) is 24.3 Å². The molecule has 6 heteroatoms. The molecular weight excluding hydrogens is 356 g/mol. The number of carbonyl (C=O) groups excluding carboxylic acids is 2. The predicted molar refractivity (Wildman–Crippen MR) is 105 cm³/mol. The lowest BCUT2D eigenvalue weighted by atomic mass is 10.1. The van der Waals surface area contributed by atoms with Crippen LogP contribution in [0.15, 0.2) is 71.0 Å². The van der Waals surface area contributed by atoms with Crippen LogP contribution in [-0.4, -0.2) is 16.9 Å². The summed E-state index contributed by atoms with van der Waals surface area (Å²) in [7, 11) is 0. The van der Waals surface area contributed by atoms with Crippen molar-refractivity contribution in [1.82, 2.24) is 10.3 Å². The maximum absolute atomic E-state index is 12.4. The number of esters is 1. The highest BCUT2D eigenvalue weighted by Gasteiger charge is 2.15. The van der Waals surface area contributed by atoms with E-state index in [0.29, 0.717) is 11.6 Å². The number of carbonyl (C=O) groups is 2. The Morgan fingerprint density at radius 2 is 1.82 bits per heavy atom. The van der Waals surface area contributed by atoms with Crippen LogP contribution < -0.4 is 5.32 Å². The number of nitrogens with one attached hydrogen (secondary N) is 1. The van der Waals surface area contributed by atoms with Crippen molar-refractivity contribution in [2.45, 2.75) is 20.5 Å². The van der Waals surface area contributed by atoms with Gasteiger partial charge in [-0.1, -0.05) is 48.0 Å². The molecule has 0 aliphatic heterocycles. The molecule has 0 saturated carbocycles. The molecule has 1 amide bonds. The first-order valence-corrected chi connectivity index (χ1v) is 8.74. The fourth-order valence-corrected chi connectivity index (χ4v) is 2.47. The molecule has 0 unspecified atom stereocenters. The minimum absolute atomic E-state index is 0.0564. The largest absolute Gasteiger partial charge is 0.454 e. The van der Waals surface area contributed by atoms with Gasteiger partial charge < -0.3 is 14.5 Å². The third-order valence-corrected chi connectivity index (χ3v) is 3.84. The molecule has 0 spiro atoms. The molecule has 1 N–H and O–H groups in total. The molecule has 1 aromatic heterocycles. The summed E-state index contributed by atoms with van der Waals surface area (Å²) in [5.74, 6) is -0.561. The molecule has 0 saturated heterocycles. The van der Waals surface area contributed by atoms with E-state index in [1.807, 2.05) is 61.5 Å². The summed E-state index contributed by atoms with van der Waals surface area (Å²) in [6, 6.07) is 16.9. The first-order valence-electron chi connectivity index (χ1n) is 8.74. The van der Waals surface area contributed by atoms with E-state index in [9.17, 15) is 9.59 Å². The maximum Gasteiger partial charge on any atom is 0.355 e. The van der Waals surface area contributed by atoms with E-state index in [1.165, 1.54) is 13.2 Å². The zero-order chi connectivity index (χ0) is 19.9. The van der Waals surface area contributed by atoms with E-state index in [1.54, 1.807) is 6.08 Å². The summed E-state index contributed by atoms with van der Waals surface area (Å²) in [6.07, 6.45) is 3.01. The molecule has 0 aliphatic rings. The van der Waals surface area contributed by atoms with E-state index in [-0.39, 0.29) is 18.2 Å². The van der Waals surface area contributed by atoms with Gasteiger partial charge in [0.25, 0.3) is 0 Å². The average molecular weight is 376 g/mol. The summed E-state index contributed by atoms with van der Waals surface area (Å²) in [5, 5.41) is 2.50. The van der Waals surface area contributed by atoms with Crippen molar-refractivity contribution in [3.8, 4) is 11.5 Å². The van der Waals surface area contributed by atoms with Crippen molar-refractivity contribution in [2.75, 3.05) is 0 Å². The standard InChI is InChI=1S/C22H20N2O4/c1-15-8-10-18(11-9-15)21-24-19(13-27-21)14-28-22(26)20(23-16(2)25)12-17-6-4-3-5-7-17/h3-13H,14H2,1-2H3,(H,23,25)/b20-12-. The summed E-state index contributed by atoms with van der Waals surface area (Å²) in [5.41, 5.74) is 3.28. The maximum atomic E-state index is 12.4. The number of nitrogens with zero attached hydrogens (tertiary/aromatic N) is 1. The number of hydrogen-bond acceptors (Lipinski definition) is 5.